The highest BCUT2D eigenvalue weighted by molar-refractivity contribution is 9.10. The van der Waals surface area contributed by atoms with Crippen LogP contribution in [0, 0.1) is 0 Å². The number of halogens is 1. The largest absolute Gasteiger partial charge is 0.465 e. The maximum Gasteiger partial charge on any atom is 0.321 e. The molecule has 0 amide bonds. The van der Waals surface area contributed by atoms with E-state index in [9.17, 15) is 4.79 Å². The third kappa shape index (κ3) is 1.87. The minimum Gasteiger partial charge on any atom is -0.465 e. The number of hydrogen-bond acceptors (Lipinski definition) is 3. The standard InChI is InChI=1S/C12H13BrO3/c1-2-16-11(14)12(7-15-8-12)9-3-5-10(13)6-4-9/h3-6H,2,7-8H2,1H3. The van der Waals surface area contributed by atoms with Crippen LogP contribution in [0.25, 0.3) is 0 Å². The molecule has 4 heteroatoms. The summed E-state index contributed by atoms with van der Waals surface area (Å²) in [5, 5.41) is 0. The van der Waals surface area contributed by atoms with Gasteiger partial charge in [-0.2, -0.15) is 0 Å². The summed E-state index contributed by atoms with van der Waals surface area (Å²) >= 11 is 3.37. The lowest BCUT2D eigenvalue weighted by Gasteiger charge is -2.39. The smallest absolute Gasteiger partial charge is 0.321 e. The predicted molar refractivity (Wildman–Crippen MR) is 63.3 cm³/mol. The number of carbonyl (C=O) groups is 1. The van der Waals surface area contributed by atoms with Gasteiger partial charge in [-0.15, -0.1) is 0 Å². The van der Waals surface area contributed by atoms with E-state index >= 15 is 0 Å². The minimum absolute atomic E-state index is 0.191. The van der Waals surface area contributed by atoms with Crippen molar-refractivity contribution in [1.29, 1.82) is 0 Å². The van der Waals surface area contributed by atoms with Gasteiger partial charge in [0.25, 0.3) is 0 Å². The average molecular weight is 285 g/mol. The van der Waals surface area contributed by atoms with Crippen LogP contribution in [0.15, 0.2) is 28.7 Å². The van der Waals surface area contributed by atoms with Gasteiger partial charge in [-0.1, -0.05) is 28.1 Å². The summed E-state index contributed by atoms with van der Waals surface area (Å²) in [4.78, 5) is 11.9. The van der Waals surface area contributed by atoms with Gasteiger partial charge in [0, 0.05) is 4.47 Å². The van der Waals surface area contributed by atoms with Crippen molar-refractivity contribution < 1.29 is 14.3 Å². The zero-order chi connectivity index (χ0) is 11.6. The van der Waals surface area contributed by atoms with Crippen molar-refractivity contribution in [2.75, 3.05) is 19.8 Å². The van der Waals surface area contributed by atoms with Gasteiger partial charge in [-0.3, -0.25) is 4.79 Å². The van der Waals surface area contributed by atoms with E-state index in [0.29, 0.717) is 19.8 Å². The fourth-order valence-electron chi connectivity index (χ4n) is 1.75. The predicted octanol–water partition coefficient (Wildman–Crippen LogP) is 2.28. The van der Waals surface area contributed by atoms with Gasteiger partial charge >= 0.3 is 5.97 Å². The van der Waals surface area contributed by atoms with Crippen LogP contribution in [0.2, 0.25) is 0 Å². The van der Waals surface area contributed by atoms with Gasteiger partial charge in [0.2, 0.25) is 0 Å². The van der Waals surface area contributed by atoms with E-state index in [2.05, 4.69) is 15.9 Å². The maximum atomic E-state index is 11.9. The molecule has 1 aromatic carbocycles. The molecule has 86 valence electrons. The molecule has 0 aliphatic carbocycles. The highest BCUT2D eigenvalue weighted by Crippen LogP contribution is 2.34. The van der Waals surface area contributed by atoms with E-state index in [1.54, 1.807) is 0 Å². The van der Waals surface area contributed by atoms with Crippen LogP contribution in [-0.2, 0) is 19.7 Å². The monoisotopic (exact) mass is 284 g/mol. The van der Waals surface area contributed by atoms with Crippen LogP contribution in [-0.4, -0.2) is 25.8 Å². The number of carbonyl (C=O) groups excluding carboxylic acids is 1. The van der Waals surface area contributed by atoms with Gasteiger partial charge in [0.15, 0.2) is 0 Å². The molecule has 1 saturated heterocycles. The van der Waals surface area contributed by atoms with Gasteiger partial charge in [-0.25, -0.2) is 0 Å². The van der Waals surface area contributed by atoms with Crippen LogP contribution in [0.1, 0.15) is 12.5 Å². The van der Waals surface area contributed by atoms with Crippen molar-refractivity contribution in [3.05, 3.63) is 34.3 Å². The van der Waals surface area contributed by atoms with E-state index in [1.807, 2.05) is 31.2 Å². The molecule has 0 saturated carbocycles. The van der Waals surface area contributed by atoms with Crippen molar-refractivity contribution in [3.8, 4) is 0 Å². The molecule has 1 fully saturated rings. The number of esters is 1. The fraction of sp³-hybridized carbons (Fsp3) is 0.417. The Bertz CT molecular complexity index is 382. The van der Waals surface area contributed by atoms with E-state index in [1.165, 1.54) is 0 Å². The van der Waals surface area contributed by atoms with Gasteiger partial charge < -0.3 is 9.47 Å². The first kappa shape index (κ1) is 11.6. The number of benzene rings is 1. The molecule has 0 N–H and O–H groups in total. The maximum absolute atomic E-state index is 11.9. The second kappa shape index (κ2) is 4.55. The zero-order valence-corrected chi connectivity index (χ0v) is 10.6. The van der Waals surface area contributed by atoms with Crippen LogP contribution in [0.4, 0.5) is 0 Å². The lowest BCUT2D eigenvalue weighted by atomic mass is 9.79. The van der Waals surface area contributed by atoms with Crippen LogP contribution in [0.5, 0.6) is 0 Å². The van der Waals surface area contributed by atoms with Crippen molar-refractivity contribution in [2.24, 2.45) is 0 Å². The average Bonchev–Trinajstić information content (AvgIpc) is 2.19. The molecule has 1 aliphatic rings. The fourth-order valence-corrected chi connectivity index (χ4v) is 2.01. The topological polar surface area (TPSA) is 35.5 Å². The third-order valence-electron chi connectivity index (χ3n) is 2.76. The quantitative estimate of drug-likeness (QED) is 0.799. The first-order chi connectivity index (χ1) is 7.69. The van der Waals surface area contributed by atoms with E-state index < -0.39 is 5.41 Å². The SMILES string of the molecule is CCOC(=O)C1(c2ccc(Br)cc2)COC1. The molecule has 1 aliphatic heterocycles. The highest BCUT2D eigenvalue weighted by atomic mass is 79.9. The Morgan fingerprint density at radius 1 is 1.44 bits per heavy atom. The molecule has 1 heterocycles. The zero-order valence-electron chi connectivity index (χ0n) is 9.03. The molecular formula is C12H13BrO3. The highest BCUT2D eigenvalue weighted by Gasteiger charge is 2.48. The Morgan fingerprint density at radius 2 is 2.06 bits per heavy atom. The Morgan fingerprint density at radius 3 is 2.50 bits per heavy atom. The van der Waals surface area contributed by atoms with Crippen LogP contribution < -0.4 is 0 Å². The normalized spacial score (nSPS) is 17.6. The van der Waals surface area contributed by atoms with E-state index in [4.69, 9.17) is 9.47 Å². The molecule has 16 heavy (non-hydrogen) atoms. The Balaban J connectivity index is 2.27. The second-order valence-electron chi connectivity index (χ2n) is 3.80. The molecule has 0 unspecified atom stereocenters. The number of ether oxygens (including phenoxy) is 2. The van der Waals surface area contributed by atoms with E-state index in [-0.39, 0.29) is 5.97 Å². The first-order valence-corrected chi connectivity index (χ1v) is 5.99. The molecule has 1 aromatic rings. The van der Waals surface area contributed by atoms with Crippen molar-refractivity contribution in [2.45, 2.75) is 12.3 Å². The summed E-state index contributed by atoms with van der Waals surface area (Å²) in [7, 11) is 0. The molecule has 2 rings (SSSR count). The van der Waals surface area contributed by atoms with Gasteiger partial charge in [0.1, 0.15) is 5.41 Å². The van der Waals surface area contributed by atoms with Crippen molar-refractivity contribution in [1.82, 2.24) is 0 Å². The molecule has 3 nitrogen and oxygen atoms in total. The molecule has 0 bridgehead atoms. The van der Waals surface area contributed by atoms with Gasteiger partial charge in [-0.05, 0) is 24.6 Å². The van der Waals surface area contributed by atoms with Crippen molar-refractivity contribution >= 4 is 21.9 Å². The molecular weight excluding hydrogens is 272 g/mol. The summed E-state index contributed by atoms with van der Waals surface area (Å²) in [6, 6.07) is 7.72. The van der Waals surface area contributed by atoms with Crippen LogP contribution >= 0.6 is 15.9 Å². The Kier molecular flexibility index (Phi) is 3.30. The van der Waals surface area contributed by atoms with E-state index in [0.717, 1.165) is 10.0 Å². The second-order valence-corrected chi connectivity index (χ2v) is 4.72. The Hall–Kier alpha value is -0.870. The summed E-state index contributed by atoms with van der Waals surface area (Å²) in [5.74, 6) is -0.191. The Labute approximate surface area is 103 Å². The molecule has 0 aromatic heterocycles. The summed E-state index contributed by atoms with van der Waals surface area (Å²) in [6.45, 7) is 3.03. The summed E-state index contributed by atoms with van der Waals surface area (Å²) in [6.07, 6.45) is 0. The number of rotatable bonds is 3. The summed E-state index contributed by atoms with van der Waals surface area (Å²) in [5.41, 5.74) is 0.372. The first-order valence-electron chi connectivity index (χ1n) is 5.20. The van der Waals surface area contributed by atoms with Crippen LogP contribution in [0.3, 0.4) is 0 Å². The van der Waals surface area contributed by atoms with Crippen molar-refractivity contribution in [3.63, 3.8) is 0 Å². The lowest BCUT2D eigenvalue weighted by Crippen LogP contribution is -2.53. The molecule has 0 spiro atoms. The summed E-state index contributed by atoms with van der Waals surface area (Å²) < 4.78 is 11.3. The molecule has 0 radical (unpaired) electrons. The van der Waals surface area contributed by atoms with Gasteiger partial charge in [0.05, 0.1) is 19.8 Å². The minimum atomic E-state index is -0.587. The number of hydrogen-bond donors (Lipinski definition) is 0. The third-order valence-corrected chi connectivity index (χ3v) is 3.29. The lowest BCUT2D eigenvalue weighted by molar-refractivity contribution is -0.169. The molecule has 0 atom stereocenters.